The number of ether oxygens (including phenoxy) is 1. The van der Waals surface area contributed by atoms with E-state index in [0.717, 1.165) is 24.3 Å². The van der Waals surface area contributed by atoms with Gasteiger partial charge in [0.25, 0.3) is 15.9 Å². The zero-order valence-electron chi connectivity index (χ0n) is 17.2. The number of fused-ring (bicyclic) bond motifs is 1. The summed E-state index contributed by atoms with van der Waals surface area (Å²) in [5.41, 5.74) is 1.96. The van der Waals surface area contributed by atoms with Crippen LogP contribution in [0, 0.1) is 5.82 Å². The summed E-state index contributed by atoms with van der Waals surface area (Å²) in [6, 6.07) is 11.2. The van der Waals surface area contributed by atoms with Gasteiger partial charge < -0.3 is 9.64 Å². The maximum absolute atomic E-state index is 13.1. The van der Waals surface area contributed by atoms with E-state index in [9.17, 15) is 17.6 Å². The molecule has 0 spiro atoms. The Balaban J connectivity index is 1.71. The third-order valence-corrected chi connectivity index (χ3v) is 6.58. The first kappa shape index (κ1) is 22.0. The van der Waals surface area contributed by atoms with Crippen LogP contribution in [0.2, 0.25) is 5.15 Å². The molecule has 0 saturated heterocycles. The molecule has 2 aromatic carbocycles. The summed E-state index contributed by atoms with van der Waals surface area (Å²) in [6.45, 7) is 3.79. The molecule has 1 amide bonds. The van der Waals surface area contributed by atoms with Crippen molar-refractivity contribution < 1.29 is 22.3 Å². The number of rotatable bonds is 5. The van der Waals surface area contributed by atoms with E-state index < -0.39 is 15.8 Å². The van der Waals surface area contributed by atoms with Crippen molar-refractivity contribution in [2.45, 2.75) is 24.8 Å². The van der Waals surface area contributed by atoms with Crippen LogP contribution in [0.5, 0.6) is 5.75 Å². The van der Waals surface area contributed by atoms with Crippen LogP contribution in [0.4, 0.5) is 15.8 Å². The standard InChI is InChI=1S/C22H19ClFN3O4S/c1-13(2)27-19-10-14(3-8-20(19)31-12-21(27)28)15-9-18(22(23)25-11-15)26-32(29,30)17-6-4-16(24)5-7-17/h3-11,13,26H,12H2,1-2H3. The molecule has 1 N–H and O–H groups in total. The molecule has 2 heterocycles. The highest BCUT2D eigenvalue weighted by atomic mass is 35.5. The van der Waals surface area contributed by atoms with Crippen LogP contribution in [0.15, 0.2) is 59.6 Å². The van der Waals surface area contributed by atoms with Gasteiger partial charge in [-0.2, -0.15) is 0 Å². The van der Waals surface area contributed by atoms with E-state index in [4.69, 9.17) is 16.3 Å². The normalized spacial score (nSPS) is 13.7. The third kappa shape index (κ3) is 4.26. The highest BCUT2D eigenvalue weighted by Crippen LogP contribution is 2.38. The lowest BCUT2D eigenvalue weighted by atomic mass is 10.0. The molecule has 0 unspecified atom stereocenters. The molecule has 1 aromatic heterocycles. The average Bonchev–Trinajstić information content (AvgIpc) is 2.74. The molecule has 0 atom stereocenters. The average molecular weight is 476 g/mol. The van der Waals surface area contributed by atoms with E-state index in [1.165, 1.54) is 6.20 Å². The number of carbonyl (C=O) groups excluding carboxylic acids is 1. The number of carbonyl (C=O) groups is 1. The van der Waals surface area contributed by atoms with Crippen LogP contribution < -0.4 is 14.4 Å². The largest absolute Gasteiger partial charge is 0.482 e. The predicted molar refractivity (Wildman–Crippen MR) is 120 cm³/mol. The van der Waals surface area contributed by atoms with E-state index in [0.29, 0.717) is 22.6 Å². The zero-order valence-corrected chi connectivity index (χ0v) is 18.7. The van der Waals surface area contributed by atoms with Crippen LogP contribution in [0.3, 0.4) is 0 Å². The van der Waals surface area contributed by atoms with Gasteiger partial charge in [0.2, 0.25) is 0 Å². The number of benzene rings is 2. The van der Waals surface area contributed by atoms with Crippen LogP contribution in [-0.2, 0) is 14.8 Å². The summed E-state index contributed by atoms with van der Waals surface area (Å²) in [5.74, 6) is -0.108. The van der Waals surface area contributed by atoms with Crippen LogP contribution in [-0.4, -0.2) is 32.0 Å². The second-order valence-electron chi connectivity index (χ2n) is 7.45. The number of halogens is 2. The number of nitrogens with one attached hydrogen (secondary N) is 1. The lowest BCUT2D eigenvalue weighted by molar-refractivity contribution is -0.121. The minimum absolute atomic E-state index is 0.0255. The number of sulfonamides is 1. The highest BCUT2D eigenvalue weighted by molar-refractivity contribution is 7.92. The second kappa shape index (κ2) is 8.40. The van der Waals surface area contributed by atoms with Gasteiger partial charge in [0.05, 0.1) is 16.3 Å². The minimum Gasteiger partial charge on any atom is -0.482 e. The highest BCUT2D eigenvalue weighted by Gasteiger charge is 2.28. The van der Waals surface area contributed by atoms with Crippen LogP contribution >= 0.6 is 11.6 Å². The fraction of sp³-hybridized carbons (Fsp3) is 0.182. The number of pyridine rings is 1. The van der Waals surface area contributed by atoms with Crippen molar-refractivity contribution in [1.29, 1.82) is 0 Å². The lowest BCUT2D eigenvalue weighted by Crippen LogP contribution is -2.43. The molecule has 4 rings (SSSR count). The van der Waals surface area contributed by atoms with Crippen molar-refractivity contribution >= 4 is 38.9 Å². The Morgan fingerprint density at radius 3 is 2.53 bits per heavy atom. The fourth-order valence-electron chi connectivity index (χ4n) is 3.41. The molecule has 166 valence electrons. The Bertz CT molecular complexity index is 1300. The first-order valence-electron chi connectivity index (χ1n) is 9.69. The van der Waals surface area contributed by atoms with E-state index in [2.05, 4.69) is 9.71 Å². The molecular formula is C22H19ClFN3O4S. The number of aromatic nitrogens is 1. The molecule has 0 saturated carbocycles. The van der Waals surface area contributed by atoms with Gasteiger partial charge in [-0.1, -0.05) is 17.7 Å². The first-order valence-corrected chi connectivity index (χ1v) is 11.5. The molecular weight excluding hydrogens is 457 g/mol. The molecule has 3 aromatic rings. The first-order chi connectivity index (χ1) is 15.2. The topological polar surface area (TPSA) is 88.6 Å². The molecule has 0 bridgehead atoms. The number of nitrogens with zero attached hydrogens (tertiary/aromatic N) is 2. The van der Waals surface area contributed by atoms with Gasteiger partial charge in [0.1, 0.15) is 11.6 Å². The summed E-state index contributed by atoms with van der Waals surface area (Å²) in [5, 5.41) is -0.0419. The number of hydrogen-bond donors (Lipinski definition) is 1. The molecule has 0 radical (unpaired) electrons. The van der Waals surface area contributed by atoms with Crippen LogP contribution in [0.1, 0.15) is 13.8 Å². The van der Waals surface area contributed by atoms with Crippen molar-refractivity contribution in [1.82, 2.24) is 4.98 Å². The quantitative estimate of drug-likeness (QED) is 0.550. The van der Waals surface area contributed by atoms with Crippen molar-refractivity contribution in [3.8, 4) is 16.9 Å². The van der Waals surface area contributed by atoms with Crippen LogP contribution in [0.25, 0.3) is 11.1 Å². The summed E-state index contributed by atoms with van der Waals surface area (Å²) >= 11 is 6.13. The van der Waals surface area contributed by atoms with E-state index in [-0.39, 0.29) is 34.3 Å². The number of anilines is 2. The minimum atomic E-state index is -4.01. The van der Waals surface area contributed by atoms with E-state index in [1.54, 1.807) is 29.2 Å². The molecule has 1 aliphatic rings. The molecule has 0 aliphatic carbocycles. The molecule has 1 aliphatic heterocycles. The molecule has 0 fully saturated rings. The molecule has 10 heteroatoms. The van der Waals surface area contributed by atoms with Gasteiger partial charge in [-0.3, -0.25) is 9.52 Å². The number of amides is 1. The van der Waals surface area contributed by atoms with Gasteiger partial charge in [0, 0.05) is 17.8 Å². The van der Waals surface area contributed by atoms with Gasteiger partial charge in [-0.05, 0) is 61.9 Å². The Morgan fingerprint density at radius 1 is 1.12 bits per heavy atom. The third-order valence-electron chi connectivity index (χ3n) is 4.90. The van der Waals surface area contributed by atoms with Crippen molar-refractivity contribution in [3.05, 3.63) is 65.7 Å². The van der Waals surface area contributed by atoms with Crippen molar-refractivity contribution in [2.24, 2.45) is 0 Å². The Hall–Kier alpha value is -3.17. The fourth-order valence-corrected chi connectivity index (χ4v) is 4.68. The summed E-state index contributed by atoms with van der Waals surface area (Å²) < 4.78 is 46.4. The molecule has 7 nitrogen and oxygen atoms in total. The van der Waals surface area contributed by atoms with Gasteiger partial charge >= 0.3 is 0 Å². The lowest BCUT2D eigenvalue weighted by Gasteiger charge is -2.32. The maximum atomic E-state index is 13.1. The maximum Gasteiger partial charge on any atom is 0.265 e. The number of hydrogen-bond acceptors (Lipinski definition) is 5. The van der Waals surface area contributed by atoms with Gasteiger partial charge in [-0.15, -0.1) is 0 Å². The van der Waals surface area contributed by atoms with Gasteiger partial charge in [0.15, 0.2) is 11.8 Å². The Labute approximate surface area is 189 Å². The van der Waals surface area contributed by atoms with Crippen molar-refractivity contribution in [2.75, 3.05) is 16.2 Å². The monoisotopic (exact) mass is 475 g/mol. The van der Waals surface area contributed by atoms with Gasteiger partial charge in [-0.25, -0.2) is 17.8 Å². The van der Waals surface area contributed by atoms with Crippen molar-refractivity contribution in [3.63, 3.8) is 0 Å². The summed E-state index contributed by atoms with van der Waals surface area (Å²) in [7, 11) is -4.01. The Morgan fingerprint density at radius 2 is 1.84 bits per heavy atom. The zero-order chi connectivity index (χ0) is 23.0. The van der Waals surface area contributed by atoms with E-state index >= 15 is 0 Å². The predicted octanol–water partition coefficient (Wildman–Crippen LogP) is 4.48. The second-order valence-corrected chi connectivity index (χ2v) is 9.49. The summed E-state index contributed by atoms with van der Waals surface area (Å²) in [4.78, 5) is 18.0. The SMILES string of the molecule is CC(C)N1C(=O)COc2ccc(-c3cnc(Cl)c(NS(=O)(=O)c4ccc(F)cc4)c3)cc21. The van der Waals surface area contributed by atoms with E-state index in [1.807, 2.05) is 13.8 Å². The molecule has 32 heavy (non-hydrogen) atoms. The Kier molecular flexibility index (Phi) is 5.79. The smallest absolute Gasteiger partial charge is 0.265 e. The summed E-state index contributed by atoms with van der Waals surface area (Å²) in [6.07, 6.45) is 1.50.